The number of rotatable bonds is 1. The number of aliphatic carboxylic acids is 1. The maximum absolute atomic E-state index is 9.01. The molecule has 7 nitrogen and oxygen atoms in total. The van der Waals surface area contributed by atoms with E-state index >= 15 is 0 Å². The summed E-state index contributed by atoms with van der Waals surface area (Å²) in [4.78, 5) is 9.01. The summed E-state index contributed by atoms with van der Waals surface area (Å²) >= 11 is 0. The number of carboxylic acids is 1. The van der Waals surface area contributed by atoms with Gasteiger partial charge < -0.3 is 15.0 Å². The fourth-order valence-corrected chi connectivity index (χ4v) is 0. The summed E-state index contributed by atoms with van der Waals surface area (Å²) in [5, 5.41) is 16.5. The van der Waals surface area contributed by atoms with E-state index in [1.807, 2.05) is 0 Å². The monoisotopic (exact) mass is 196 g/mol. The Hall–Kier alpha value is 0.300. The van der Waals surface area contributed by atoms with Gasteiger partial charge in [0.2, 0.25) is 0 Å². The topological polar surface area (TPSA) is 135 Å². The molecule has 0 unspecified atom stereocenters. The van der Waals surface area contributed by atoms with Crippen LogP contribution in [0.1, 0.15) is 0 Å². The van der Waals surface area contributed by atoms with Crippen molar-refractivity contribution in [1.82, 2.24) is 0 Å². The van der Waals surface area contributed by atoms with Crippen LogP contribution in [-0.4, -0.2) is 35.2 Å². The van der Waals surface area contributed by atoms with Gasteiger partial charge in [0.25, 0.3) is 0 Å². The fourth-order valence-electron chi connectivity index (χ4n) is 0. The quantitative estimate of drug-likeness (QED) is 0.280. The van der Waals surface area contributed by atoms with Crippen LogP contribution in [0.3, 0.4) is 0 Å². The van der Waals surface area contributed by atoms with Crippen molar-refractivity contribution in [3.05, 3.63) is 0 Å². The van der Waals surface area contributed by atoms with Crippen LogP contribution in [0.25, 0.3) is 0 Å². The van der Waals surface area contributed by atoms with E-state index in [1.165, 1.54) is 0 Å². The number of carbonyl (C=O) groups excluding carboxylic acids is 1. The predicted octanol–water partition coefficient (Wildman–Crippen LogP) is -5.92. The standard InChI is InChI=1S/C2H4O3.Na.H2O4S/c3-1-2(4)5;;1-5(2,3)4/h3H,1H2,(H,4,5);;(H2,1,2,3,4)/q;+1;/p-1. The van der Waals surface area contributed by atoms with Crippen LogP contribution in [0.5, 0.6) is 0 Å². The van der Waals surface area contributed by atoms with Gasteiger partial charge in [-0.2, -0.15) is 8.42 Å². The van der Waals surface area contributed by atoms with Gasteiger partial charge in [0.15, 0.2) is 0 Å². The number of hydrogen-bond acceptors (Lipinski definition) is 5. The Morgan fingerprint density at radius 2 is 1.45 bits per heavy atom. The SMILES string of the molecule is O=C([O-])CO.O=S(=O)(O)O.[Na+]. The molecule has 0 aliphatic carbocycles. The second kappa shape index (κ2) is 8.40. The van der Waals surface area contributed by atoms with Crippen LogP contribution in [0.4, 0.5) is 0 Å². The van der Waals surface area contributed by atoms with Gasteiger partial charge in [-0.1, -0.05) is 0 Å². The van der Waals surface area contributed by atoms with Crippen molar-refractivity contribution in [2.75, 3.05) is 6.61 Å². The van der Waals surface area contributed by atoms with E-state index in [-0.39, 0.29) is 29.6 Å². The molecule has 0 heterocycles. The molecule has 62 valence electrons. The Morgan fingerprint density at radius 1 is 1.36 bits per heavy atom. The molecule has 9 heteroatoms. The van der Waals surface area contributed by atoms with Crippen LogP contribution >= 0.6 is 0 Å². The second-order valence-corrected chi connectivity index (χ2v) is 1.87. The molecule has 11 heavy (non-hydrogen) atoms. The summed E-state index contributed by atoms with van der Waals surface area (Å²) in [6.45, 7) is -0.889. The molecule has 0 aromatic carbocycles. The molecule has 0 atom stereocenters. The third-order valence-corrected chi connectivity index (χ3v) is 0.129. The van der Waals surface area contributed by atoms with Gasteiger partial charge in [-0.15, -0.1) is 0 Å². The van der Waals surface area contributed by atoms with Crippen molar-refractivity contribution in [1.29, 1.82) is 0 Å². The number of carbonyl (C=O) groups is 1. The first-order valence-electron chi connectivity index (χ1n) is 1.78. The van der Waals surface area contributed by atoms with Crippen molar-refractivity contribution in [3.63, 3.8) is 0 Å². The first kappa shape index (κ1) is 17.4. The van der Waals surface area contributed by atoms with E-state index in [4.69, 9.17) is 32.5 Å². The van der Waals surface area contributed by atoms with E-state index in [0.29, 0.717) is 0 Å². The zero-order valence-electron chi connectivity index (χ0n) is 5.59. The Labute approximate surface area is 84.9 Å². The Morgan fingerprint density at radius 3 is 1.45 bits per heavy atom. The zero-order valence-corrected chi connectivity index (χ0v) is 8.41. The molecule has 0 aliphatic rings. The smallest absolute Gasteiger partial charge is 0.548 e. The molecular weight excluding hydrogens is 191 g/mol. The zero-order chi connectivity index (χ0) is 8.78. The van der Waals surface area contributed by atoms with Gasteiger partial charge in [0, 0.05) is 0 Å². The summed E-state index contributed by atoms with van der Waals surface area (Å²) in [5.74, 6) is -1.44. The predicted molar refractivity (Wildman–Crippen MR) is 26.3 cm³/mol. The molecule has 0 spiro atoms. The maximum Gasteiger partial charge on any atom is 1.00 e. The van der Waals surface area contributed by atoms with Gasteiger partial charge in [-0.05, 0) is 0 Å². The van der Waals surface area contributed by atoms with Crippen molar-refractivity contribution >= 4 is 16.4 Å². The van der Waals surface area contributed by atoms with E-state index in [9.17, 15) is 0 Å². The Kier molecular flexibility index (Phi) is 13.3. The maximum atomic E-state index is 9.01. The molecule has 0 saturated heterocycles. The molecule has 0 aliphatic heterocycles. The largest absolute Gasteiger partial charge is 1.00 e. The van der Waals surface area contributed by atoms with E-state index in [0.717, 1.165) is 0 Å². The molecule has 0 bridgehead atoms. The minimum atomic E-state index is -4.67. The van der Waals surface area contributed by atoms with Crippen molar-refractivity contribution in [2.24, 2.45) is 0 Å². The van der Waals surface area contributed by atoms with Gasteiger partial charge in [0.05, 0.1) is 12.6 Å². The van der Waals surface area contributed by atoms with Gasteiger partial charge in [-0.3, -0.25) is 9.11 Å². The summed E-state index contributed by atoms with van der Waals surface area (Å²) in [5.41, 5.74) is 0. The van der Waals surface area contributed by atoms with Crippen LogP contribution in [0.2, 0.25) is 0 Å². The molecule has 0 fully saturated rings. The van der Waals surface area contributed by atoms with E-state index < -0.39 is 23.0 Å². The molecular formula is C2H5NaO7S. The molecule has 0 radical (unpaired) electrons. The number of aliphatic hydroxyl groups is 1. The van der Waals surface area contributed by atoms with Gasteiger partial charge >= 0.3 is 40.0 Å². The van der Waals surface area contributed by atoms with Crippen molar-refractivity contribution in [2.45, 2.75) is 0 Å². The van der Waals surface area contributed by atoms with Gasteiger partial charge in [-0.25, -0.2) is 0 Å². The van der Waals surface area contributed by atoms with E-state index in [1.54, 1.807) is 0 Å². The molecule has 0 rings (SSSR count). The first-order valence-corrected chi connectivity index (χ1v) is 3.17. The van der Waals surface area contributed by atoms with E-state index in [2.05, 4.69) is 0 Å². The molecule has 0 amide bonds. The molecule has 3 N–H and O–H groups in total. The van der Waals surface area contributed by atoms with Crippen LogP contribution in [0.15, 0.2) is 0 Å². The molecule has 0 saturated carbocycles. The number of carboxylic acid groups (broad SMARTS) is 1. The molecule has 0 aromatic rings. The van der Waals surface area contributed by atoms with Gasteiger partial charge in [0.1, 0.15) is 0 Å². The average Bonchev–Trinajstić information content (AvgIpc) is 1.61. The number of aliphatic hydroxyl groups excluding tert-OH is 1. The normalized spacial score (nSPS) is 8.64. The van der Waals surface area contributed by atoms with Crippen LogP contribution < -0.4 is 34.7 Å². The average molecular weight is 196 g/mol. The Balaban J connectivity index is -0.000000107. The van der Waals surface area contributed by atoms with Crippen LogP contribution in [0, 0.1) is 0 Å². The summed E-state index contributed by atoms with van der Waals surface area (Å²) in [6.07, 6.45) is 0. The minimum Gasteiger partial charge on any atom is -0.548 e. The summed E-state index contributed by atoms with van der Waals surface area (Å²) in [6, 6.07) is 0. The summed E-state index contributed by atoms with van der Waals surface area (Å²) in [7, 11) is -4.67. The summed E-state index contributed by atoms with van der Waals surface area (Å²) < 4.78 is 31.6. The molecule has 0 aromatic heterocycles. The van der Waals surface area contributed by atoms with Crippen molar-refractivity contribution in [3.8, 4) is 0 Å². The number of hydrogen-bond donors (Lipinski definition) is 3. The third kappa shape index (κ3) is 134. The second-order valence-electron chi connectivity index (χ2n) is 0.978. The first-order chi connectivity index (χ1) is 4.27. The Bertz CT molecular complexity index is 175. The third-order valence-electron chi connectivity index (χ3n) is 0.129. The van der Waals surface area contributed by atoms with Crippen molar-refractivity contribution < 1.29 is 62.1 Å². The minimum absolute atomic E-state index is 0. The fraction of sp³-hybridized carbons (Fsp3) is 0.500. The van der Waals surface area contributed by atoms with Crippen LogP contribution in [-0.2, 0) is 15.2 Å².